The minimum Gasteiger partial charge on any atom is -0.339 e. The lowest BCUT2D eigenvalue weighted by molar-refractivity contribution is 0.0698. The molecular weight excluding hydrogens is 290 g/mol. The van der Waals surface area contributed by atoms with Crippen LogP contribution in [-0.4, -0.2) is 37.0 Å². The van der Waals surface area contributed by atoms with Gasteiger partial charge < -0.3 is 10.2 Å². The third kappa shape index (κ3) is 3.81. The number of carbonyl (C=O) groups excluding carboxylic acids is 1. The zero-order valence-electron chi connectivity index (χ0n) is 10.7. The van der Waals surface area contributed by atoms with Crippen molar-refractivity contribution in [3.63, 3.8) is 0 Å². The highest BCUT2D eigenvalue weighted by atomic mass is 35.5. The fraction of sp³-hybridized carbons (Fsp3) is 0.462. The molecule has 1 aliphatic heterocycles. The molecule has 0 aromatic heterocycles. The van der Waals surface area contributed by atoms with Crippen molar-refractivity contribution in [3.8, 4) is 0 Å². The van der Waals surface area contributed by atoms with E-state index < -0.39 is 5.82 Å². The van der Waals surface area contributed by atoms with E-state index in [9.17, 15) is 9.18 Å². The van der Waals surface area contributed by atoms with Gasteiger partial charge in [-0.2, -0.15) is 0 Å². The molecule has 1 aromatic carbocycles. The average molecular weight is 307 g/mol. The number of nitrogens with zero attached hydrogens (tertiary/aromatic N) is 1. The van der Waals surface area contributed by atoms with Crippen LogP contribution in [0, 0.1) is 5.82 Å². The summed E-state index contributed by atoms with van der Waals surface area (Å²) in [4.78, 5) is 13.8. The number of amides is 1. The van der Waals surface area contributed by atoms with Gasteiger partial charge in [-0.1, -0.05) is 11.6 Å². The molecule has 1 aromatic rings. The minimum absolute atomic E-state index is 0. The van der Waals surface area contributed by atoms with Gasteiger partial charge in [-0.3, -0.25) is 4.79 Å². The van der Waals surface area contributed by atoms with Gasteiger partial charge in [-0.15, -0.1) is 12.4 Å². The Morgan fingerprint density at radius 1 is 1.42 bits per heavy atom. The largest absolute Gasteiger partial charge is 0.339 e. The van der Waals surface area contributed by atoms with Crippen molar-refractivity contribution in [2.75, 3.05) is 20.1 Å². The summed E-state index contributed by atoms with van der Waals surface area (Å²) < 4.78 is 13.6. The zero-order chi connectivity index (χ0) is 13.1. The van der Waals surface area contributed by atoms with Crippen molar-refractivity contribution in [2.24, 2.45) is 0 Å². The third-order valence-corrected chi connectivity index (χ3v) is 3.57. The van der Waals surface area contributed by atoms with Crippen LogP contribution in [0.25, 0.3) is 0 Å². The molecule has 0 bridgehead atoms. The zero-order valence-corrected chi connectivity index (χ0v) is 12.2. The van der Waals surface area contributed by atoms with Crippen LogP contribution in [-0.2, 0) is 0 Å². The predicted octanol–water partition coefficient (Wildman–Crippen LogP) is 2.72. The second-order valence-corrected chi connectivity index (χ2v) is 4.96. The Bertz CT molecular complexity index is 450. The molecule has 0 atom stereocenters. The van der Waals surface area contributed by atoms with E-state index in [-0.39, 0.29) is 29.9 Å². The number of carbonyl (C=O) groups is 1. The van der Waals surface area contributed by atoms with Gasteiger partial charge in [0.25, 0.3) is 5.91 Å². The Morgan fingerprint density at radius 2 is 2.05 bits per heavy atom. The molecule has 6 heteroatoms. The highest BCUT2D eigenvalue weighted by Gasteiger charge is 2.24. The summed E-state index contributed by atoms with van der Waals surface area (Å²) >= 11 is 5.80. The van der Waals surface area contributed by atoms with Crippen molar-refractivity contribution in [2.45, 2.75) is 18.9 Å². The maximum Gasteiger partial charge on any atom is 0.256 e. The van der Waals surface area contributed by atoms with Crippen LogP contribution >= 0.6 is 24.0 Å². The maximum atomic E-state index is 13.6. The first-order valence-corrected chi connectivity index (χ1v) is 6.40. The highest BCUT2D eigenvalue weighted by molar-refractivity contribution is 6.31. The summed E-state index contributed by atoms with van der Waals surface area (Å²) in [6.45, 7) is 1.78. The van der Waals surface area contributed by atoms with E-state index in [1.165, 1.54) is 18.2 Å². The molecule has 2 rings (SSSR count). The van der Waals surface area contributed by atoms with Crippen molar-refractivity contribution in [1.82, 2.24) is 10.2 Å². The molecule has 1 heterocycles. The Morgan fingerprint density at radius 3 is 2.68 bits per heavy atom. The Balaban J connectivity index is 0.00000180. The molecule has 106 valence electrons. The number of rotatable bonds is 2. The van der Waals surface area contributed by atoms with E-state index in [0.717, 1.165) is 25.9 Å². The molecule has 0 spiro atoms. The van der Waals surface area contributed by atoms with Crippen LogP contribution in [0.5, 0.6) is 0 Å². The van der Waals surface area contributed by atoms with E-state index in [4.69, 9.17) is 11.6 Å². The van der Waals surface area contributed by atoms with E-state index in [1.54, 1.807) is 11.9 Å². The first-order valence-electron chi connectivity index (χ1n) is 6.02. The van der Waals surface area contributed by atoms with Crippen molar-refractivity contribution in [1.29, 1.82) is 0 Å². The molecule has 1 saturated heterocycles. The molecule has 3 nitrogen and oxygen atoms in total. The first-order chi connectivity index (χ1) is 8.59. The number of piperidine rings is 1. The minimum atomic E-state index is -0.523. The lowest BCUT2D eigenvalue weighted by Crippen LogP contribution is -2.44. The molecule has 1 aliphatic rings. The smallest absolute Gasteiger partial charge is 0.256 e. The fourth-order valence-electron chi connectivity index (χ4n) is 2.21. The number of halogens is 3. The molecule has 1 amide bonds. The number of hydrogen-bond acceptors (Lipinski definition) is 2. The summed E-state index contributed by atoms with van der Waals surface area (Å²) in [5.41, 5.74) is 0.0449. The van der Waals surface area contributed by atoms with Gasteiger partial charge in [-0.25, -0.2) is 4.39 Å². The highest BCUT2D eigenvalue weighted by Crippen LogP contribution is 2.19. The molecule has 1 fully saturated rings. The molecule has 1 N–H and O–H groups in total. The lowest BCUT2D eigenvalue weighted by atomic mass is 10.0. The first kappa shape index (κ1) is 16.2. The van der Waals surface area contributed by atoms with Gasteiger partial charge in [0.2, 0.25) is 0 Å². The fourth-order valence-corrected chi connectivity index (χ4v) is 2.38. The van der Waals surface area contributed by atoms with Crippen LogP contribution in [0.2, 0.25) is 5.02 Å². The van der Waals surface area contributed by atoms with Crippen LogP contribution in [0.4, 0.5) is 4.39 Å². The van der Waals surface area contributed by atoms with Crippen LogP contribution < -0.4 is 5.32 Å². The summed E-state index contributed by atoms with van der Waals surface area (Å²) in [5.74, 6) is -0.827. The SMILES string of the molecule is CN(C(=O)c1cc(Cl)ccc1F)C1CCNCC1.Cl. The lowest BCUT2D eigenvalue weighted by Gasteiger charge is -2.31. The third-order valence-electron chi connectivity index (χ3n) is 3.34. The normalized spacial score (nSPS) is 15.7. The van der Waals surface area contributed by atoms with Crippen LogP contribution in [0.1, 0.15) is 23.2 Å². The molecular formula is C13H17Cl2FN2O. The van der Waals surface area contributed by atoms with E-state index in [2.05, 4.69) is 5.32 Å². The van der Waals surface area contributed by atoms with Crippen molar-refractivity contribution in [3.05, 3.63) is 34.6 Å². The van der Waals surface area contributed by atoms with Gasteiger partial charge in [0.05, 0.1) is 5.56 Å². The van der Waals surface area contributed by atoms with Crippen LogP contribution in [0.3, 0.4) is 0 Å². The second-order valence-electron chi connectivity index (χ2n) is 4.52. The summed E-state index contributed by atoms with van der Waals surface area (Å²) in [6.07, 6.45) is 1.79. The quantitative estimate of drug-likeness (QED) is 0.911. The van der Waals surface area contributed by atoms with E-state index in [0.29, 0.717) is 5.02 Å². The Labute approximate surface area is 123 Å². The average Bonchev–Trinajstić information content (AvgIpc) is 2.41. The van der Waals surface area contributed by atoms with E-state index in [1.807, 2.05) is 0 Å². The van der Waals surface area contributed by atoms with Crippen molar-refractivity contribution < 1.29 is 9.18 Å². The Kier molecular flexibility index (Phi) is 6.04. The predicted molar refractivity (Wildman–Crippen MR) is 76.6 cm³/mol. The molecule has 0 aliphatic carbocycles. The number of benzene rings is 1. The van der Waals surface area contributed by atoms with Gasteiger partial charge >= 0.3 is 0 Å². The standard InChI is InChI=1S/C13H16ClFN2O.ClH/c1-17(10-4-6-16-7-5-10)13(18)11-8-9(14)2-3-12(11)15;/h2-3,8,10,16H,4-7H2,1H3;1H. The van der Waals surface area contributed by atoms with Crippen molar-refractivity contribution >= 4 is 29.9 Å². The molecule has 0 saturated carbocycles. The molecule has 0 radical (unpaired) electrons. The maximum absolute atomic E-state index is 13.6. The Hall–Kier alpha value is -0.840. The second kappa shape index (κ2) is 7.08. The monoisotopic (exact) mass is 306 g/mol. The molecule has 19 heavy (non-hydrogen) atoms. The van der Waals surface area contributed by atoms with Gasteiger partial charge in [0.1, 0.15) is 5.82 Å². The number of hydrogen-bond donors (Lipinski definition) is 1. The summed E-state index contributed by atoms with van der Waals surface area (Å²) in [7, 11) is 1.72. The summed E-state index contributed by atoms with van der Waals surface area (Å²) in [6, 6.07) is 4.22. The number of nitrogens with one attached hydrogen (secondary N) is 1. The van der Waals surface area contributed by atoms with Gasteiger partial charge in [-0.05, 0) is 44.1 Å². The van der Waals surface area contributed by atoms with Gasteiger partial charge in [0.15, 0.2) is 0 Å². The molecule has 0 unspecified atom stereocenters. The summed E-state index contributed by atoms with van der Waals surface area (Å²) in [5, 5.41) is 3.61. The van der Waals surface area contributed by atoms with Gasteiger partial charge in [0, 0.05) is 18.1 Å². The topological polar surface area (TPSA) is 32.3 Å². The van der Waals surface area contributed by atoms with E-state index >= 15 is 0 Å². The van der Waals surface area contributed by atoms with Crippen LogP contribution in [0.15, 0.2) is 18.2 Å².